The van der Waals surface area contributed by atoms with Crippen molar-refractivity contribution in [1.82, 2.24) is 0 Å². The second-order valence-electron chi connectivity index (χ2n) is 3.15. The van der Waals surface area contributed by atoms with E-state index in [4.69, 9.17) is 16.3 Å². The summed E-state index contributed by atoms with van der Waals surface area (Å²) in [4.78, 5) is 10.4. The molecular formula is C10H12ClO2Si. The predicted octanol–water partition coefficient (Wildman–Crippen LogP) is 2.81. The van der Waals surface area contributed by atoms with Gasteiger partial charge in [0, 0.05) is 11.6 Å². The lowest BCUT2D eigenvalue weighted by atomic mass is 10.2. The molecule has 14 heavy (non-hydrogen) atoms. The van der Waals surface area contributed by atoms with Gasteiger partial charge in [-0.1, -0.05) is 42.4 Å². The topological polar surface area (TPSA) is 26.3 Å². The molecule has 0 aliphatic heterocycles. The molecule has 0 atom stereocenters. The summed E-state index contributed by atoms with van der Waals surface area (Å²) in [5.41, 5.74) is 0.580. The van der Waals surface area contributed by atoms with E-state index in [1.165, 1.54) is 5.56 Å². The van der Waals surface area contributed by atoms with Gasteiger partial charge in [0.15, 0.2) is 0 Å². The Labute approximate surface area is 90.4 Å². The number of carbonyl (C=O) groups is 1. The molecule has 0 N–H and O–H groups in total. The minimum atomic E-state index is -0.706. The average Bonchev–Trinajstić information content (AvgIpc) is 2.16. The van der Waals surface area contributed by atoms with Crippen LogP contribution in [0.25, 0.3) is 0 Å². The number of halogens is 1. The van der Waals surface area contributed by atoms with Gasteiger partial charge in [-0.05, 0) is 6.04 Å². The summed E-state index contributed by atoms with van der Waals surface area (Å²) in [6.45, 7) is 2.12. The fourth-order valence-corrected chi connectivity index (χ4v) is 2.73. The lowest BCUT2D eigenvalue weighted by molar-refractivity contribution is 0.190. The maximum Gasteiger partial charge on any atom is 0.403 e. The van der Waals surface area contributed by atoms with Gasteiger partial charge < -0.3 is 4.74 Å². The van der Waals surface area contributed by atoms with Crippen LogP contribution in [0.4, 0.5) is 4.79 Å². The Bertz CT molecular complexity index is 289. The summed E-state index contributed by atoms with van der Waals surface area (Å²) in [5, 5.41) is 0. The van der Waals surface area contributed by atoms with E-state index in [1.54, 1.807) is 0 Å². The third-order valence-electron chi connectivity index (χ3n) is 1.78. The molecule has 1 rings (SSSR count). The van der Waals surface area contributed by atoms with Crippen molar-refractivity contribution in [3.8, 4) is 0 Å². The lowest BCUT2D eigenvalue weighted by Gasteiger charge is -2.08. The van der Waals surface area contributed by atoms with E-state index < -0.39 is 14.2 Å². The molecule has 4 heteroatoms. The normalized spacial score (nSPS) is 10.2. The van der Waals surface area contributed by atoms with Crippen LogP contribution < -0.4 is 0 Å². The second kappa shape index (κ2) is 5.83. The number of benzene rings is 1. The van der Waals surface area contributed by atoms with Gasteiger partial charge in [0.2, 0.25) is 0 Å². The van der Waals surface area contributed by atoms with E-state index in [0.29, 0.717) is 6.23 Å². The Balaban J connectivity index is 2.34. The highest BCUT2D eigenvalue weighted by Gasteiger charge is 2.08. The SMILES string of the molecule is C[Si](COC(=O)Cl)Cc1ccccc1. The van der Waals surface area contributed by atoms with Gasteiger partial charge in [-0.15, -0.1) is 0 Å². The summed E-state index contributed by atoms with van der Waals surface area (Å²) >= 11 is 5.08. The monoisotopic (exact) mass is 227 g/mol. The summed E-state index contributed by atoms with van der Waals surface area (Å²) in [5.74, 6) is 0. The predicted molar refractivity (Wildman–Crippen MR) is 59.0 cm³/mol. The van der Waals surface area contributed by atoms with Gasteiger partial charge in [0.25, 0.3) is 0 Å². The zero-order valence-corrected chi connectivity index (χ0v) is 9.75. The largest absolute Gasteiger partial charge is 0.458 e. The fraction of sp³-hybridized carbons (Fsp3) is 0.300. The van der Waals surface area contributed by atoms with Crippen molar-refractivity contribution in [2.24, 2.45) is 0 Å². The van der Waals surface area contributed by atoms with Crippen molar-refractivity contribution in [1.29, 1.82) is 0 Å². The smallest absolute Gasteiger partial charge is 0.403 e. The van der Waals surface area contributed by atoms with Crippen LogP contribution in [0.1, 0.15) is 5.56 Å². The van der Waals surface area contributed by atoms with Crippen LogP contribution >= 0.6 is 11.6 Å². The number of hydrogen-bond acceptors (Lipinski definition) is 2. The van der Waals surface area contributed by atoms with E-state index in [1.807, 2.05) is 18.2 Å². The maximum atomic E-state index is 10.4. The van der Waals surface area contributed by atoms with Crippen molar-refractivity contribution in [3.63, 3.8) is 0 Å². The Morgan fingerprint density at radius 1 is 1.43 bits per heavy atom. The van der Waals surface area contributed by atoms with Crippen LogP contribution in [-0.2, 0) is 10.8 Å². The van der Waals surface area contributed by atoms with Crippen LogP contribution in [0, 0.1) is 0 Å². The zero-order valence-electron chi connectivity index (χ0n) is 8.00. The fourth-order valence-electron chi connectivity index (χ4n) is 1.18. The summed E-state index contributed by atoms with van der Waals surface area (Å²) in [7, 11) is -0.665. The molecule has 0 saturated carbocycles. The summed E-state index contributed by atoms with van der Waals surface area (Å²) in [6, 6.07) is 11.2. The molecular weight excluding hydrogens is 216 g/mol. The molecule has 0 fully saturated rings. The summed E-state index contributed by atoms with van der Waals surface area (Å²) in [6.07, 6.45) is 0.474. The van der Waals surface area contributed by atoms with E-state index in [0.717, 1.165) is 6.04 Å². The molecule has 75 valence electrons. The van der Waals surface area contributed by atoms with Crippen LogP contribution in [0.5, 0.6) is 0 Å². The standard InChI is InChI=1S/C10H12ClO2Si/c1-14(8-13-10(11)12)7-9-5-3-2-4-6-9/h2-6H,7-8H2,1H3. The number of hydrogen-bond donors (Lipinski definition) is 0. The Morgan fingerprint density at radius 3 is 2.64 bits per heavy atom. The van der Waals surface area contributed by atoms with Gasteiger partial charge in [0.05, 0.1) is 15.0 Å². The third-order valence-corrected chi connectivity index (χ3v) is 3.54. The first kappa shape index (κ1) is 11.3. The molecule has 0 unspecified atom stereocenters. The van der Waals surface area contributed by atoms with Gasteiger partial charge in [-0.2, -0.15) is 0 Å². The first-order valence-electron chi connectivity index (χ1n) is 4.36. The average molecular weight is 228 g/mol. The zero-order chi connectivity index (χ0) is 10.4. The van der Waals surface area contributed by atoms with Crippen molar-refractivity contribution >= 4 is 25.8 Å². The van der Waals surface area contributed by atoms with E-state index in [9.17, 15) is 4.79 Å². The van der Waals surface area contributed by atoms with Crippen molar-refractivity contribution < 1.29 is 9.53 Å². The molecule has 0 bridgehead atoms. The third kappa shape index (κ3) is 4.44. The molecule has 0 amide bonds. The van der Waals surface area contributed by atoms with Crippen LogP contribution in [0.2, 0.25) is 6.55 Å². The molecule has 1 aromatic rings. The lowest BCUT2D eigenvalue weighted by Crippen LogP contribution is -2.20. The van der Waals surface area contributed by atoms with Gasteiger partial charge in [0.1, 0.15) is 0 Å². The first-order valence-corrected chi connectivity index (χ1v) is 7.15. The highest BCUT2D eigenvalue weighted by Crippen LogP contribution is 2.03. The second-order valence-corrected chi connectivity index (χ2v) is 6.01. The first-order chi connectivity index (χ1) is 6.68. The molecule has 0 aromatic heterocycles. The molecule has 1 aromatic carbocycles. The number of carbonyl (C=O) groups excluding carboxylic acids is 1. The molecule has 1 radical (unpaired) electrons. The molecule has 0 heterocycles. The van der Waals surface area contributed by atoms with Crippen molar-refractivity contribution in [2.75, 3.05) is 6.23 Å². The van der Waals surface area contributed by atoms with Crippen LogP contribution in [0.3, 0.4) is 0 Å². The molecule has 2 nitrogen and oxygen atoms in total. The van der Waals surface area contributed by atoms with Gasteiger partial charge in [-0.25, -0.2) is 4.79 Å². The highest BCUT2D eigenvalue weighted by atomic mass is 35.5. The molecule has 0 aliphatic rings. The van der Waals surface area contributed by atoms with E-state index in [2.05, 4.69) is 18.7 Å². The van der Waals surface area contributed by atoms with E-state index >= 15 is 0 Å². The summed E-state index contributed by atoms with van der Waals surface area (Å²) < 4.78 is 4.75. The van der Waals surface area contributed by atoms with Crippen LogP contribution in [-0.4, -0.2) is 20.5 Å². The minimum Gasteiger partial charge on any atom is -0.458 e. The Morgan fingerprint density at radius 2 is 2.07 bits per heavy atom. The molecule has 0 spiro atoms. The van der Waals surface area contributed by atoms with Crippen molar-refractivity contribution in [2.45, 2.75) is 12.6 Å². The van der Waals surface area contributed by atoms with Crippen molar-refractivity contribution in [3.05, 3.63) is 35.9 Å². The maximum absolute atomic E-state index is 10.4. The number of rotatable bonds is 4. The van der Waals surface area contributed by atoms with Gasteiger partial charge in [-0.3, -0.25) is 0 Å². The quantitative estimate of drug-likeness (QED) is 0.584. The molecule has 0 aliphatic carbocycles. The Hall–Kier alpha value is -0.803. The van der Waals surface area contributed by atoms with Gasteiger partial charge >= 0.3 is 5.43 Å². The highest BCUT2D eigenvalue weighted by molar-refractivity contribution is 6.62. The minimum absolute atomic E-state index is 0.474. The molecule has 0 saturated heterocycles. The number of ether oxygens (including phenoxy) is 1. The van der Waals surface area contributed by atoms with E-state index in [-0.39, 0.29) is 0 Å². The Kier molecular flexibility index (Phi) is 4.69. The van der Waals surface area contributed by atoms with Crippen LogP contribution in [0.15, 0.2) is 30.3 Å².